The Labute approximate surface area is 97.0 Å². The fourth-order valence-corrected chi connectivity index (χ4v) is 3.99. The second-order valence-corrected chi connectivity index (χ2v) is 7.24. The Bertz CT molecular complexity index is 584. The van der Waals surface area contributed by atoms with Crippen molar-refractivity contribution in [1.29, 1.82) is 0 Å². The molecule has 1 heterocycles. The molecule has 10 heteroatoms. The van der Waals surface area contributed by atoms with Gasteiger partial charge in [0.05, 0.1) is 14.2 Å². The van der Waals surface area contributed by atoms with E-state index in [0.29, 0.717) is 11.3 Å². The highest BCUT2D eigenvalue weighted by atomic mass is 32.3. The monoisotopic (exact) mass is 287 g/mol. The number of nitrogen functional groups attached to an aromatic ring is 1. The summed E-state index contributed by atoms with van der Waals surface area (Å²) in [7, 11) is -6.04. The first kappa shape index (κ1) is 13.4. The summed E-state index contributed by atoms with van der Waals surface area (Å²) in [5, 5.41) is -0.169. The molecule has 0 spiro atoms. The third kappa shape index (κ3) is 2.35. The number of thiophene rings is 1. The van der Waals surface area contributed by atoms with E-state index in [1.807, 2.05) is 0 Å². The van der Waals surface area contributed by atoms with E-state index in [2.05, 4.69) is 8.37 Å². The lowest BCUT2D eigenvalue weighted by Crippen LogP contribution is -2.04. The Morgan fingerprint density at radius 3 is 2.06 bits per heavy atom. The van der Waals surface area contributed by atoms with Gasteiger partial charge in [-0.1, -0.05) is 0 Å². The van der Waals surface area contributed by atoms with Gasteiger partial charge in [-0.15, -0.1) is 11.3 Å². The quantitative estimate of drug-likeness (QED) is 0.775. The Kier molecular flexibility index (Phi) is 3.59. The molecular formula is C6H9NO6S3. The van der Waals surface area contributed by atoms with Gasteiger partial charge < -0.3 is 5.73 Å². The lowest BCUT2D eigenvalue weighted by atomic mass is 10.6. The first-order valence-electron chi connectivity index (χ1n) is 3.75. The number of anilines is 1. The molecule has 0 unspecified atom stereocenters. The minimum Gasteiger partial charge on any atom is -0.389 e. The average Bonchev–Trinajstić information content (AvgIpc) is 2.61. The van der Waals surface area contributed by atoms with E-state index in [1.54, 1.807) is 0 Å². The minimum atomic E-state index is -4.01. The number of hydrogen-bond acceptors (Lipinski definition) is 8. The van der Waals surface area contributed by atoms with Gasteiger partial charge in [-0.25, -0.2) is 0 Å². The lowest BCUT2D eigenvalue weighted by Gasteiger charge is -1.97. The van der Waals surface area contributed by atoms with Crippen LogP contribution in [0.3, 0.4) is 0 Å². The van der Waals surface area contributed by atoms with Crippen LogP contribution in [0, 0.1) is 0 Å². The van der Waals surface area contributed by atoms with Crippen LogP contribution >= 0.6 is 11.3 Å². The summed E-state index contributed by atoms with van der Waals surface area (Å²) in [6, 6.07) is 0.900. The van der Waals surface area contributed by atoms with Gasteiger partial charge in [0, 0.05) is 0 Å². The third-order valence-electron chi connectivity index (χ3n) is 1.66. The molecule has 1 aromatic heterocycles. The van der Waals surface area contributed by atoms with E-state index in [-0.39, 0.29) is 14.1 Å². The molecule has 0 aliphatic carbocycles. The topological polar surface area (TPSA) is 113 Å². The van der Waals surface area contributed by atoms with Crippen LogP contribution in [0.25, 0.3) is 0 Å². The zero-order valence-electron chi connectivity index (χ0n) is 8.33. The van der Waals surface area contributed by atoms with Crippen LogP contribution < -0.4 is 5.73 Å². The van der Waals surface area contributed by atoms with Crippen LogP contribution in [-0.4, -0.2) is 31.1 Å². The predicted molar refractivity (Wildman–Crippen MR) is 57.1 cm³/mol. The highest BCUT2D eigenvalue weighted by Crippen LogP contribution is 2.33. The highest BCUT2D eigenvalue weighted by Gasteiger charge is 2.25. The minimum absolute atomic E-state index is 0.169. The van der Waals surface area contributed by atoms with Crippen LogP contribution in [-0.2, 0) is 28.6 Å². The Morgan fingerprint density at radius 1 is 1.12 bits per heavy atom. The van der Waals surface area contributed by atoms with Crippen LogP contribution in [0.15, 0.2) is 15.2 Å². The van der Waals surface area contributed by atoms with Crippen molar-refractivity contribution in [3.8, 4) is 0 Å². The fourth-order valence-electron chi connectivity index (χ4n) is 0.857. The molecule has 0 fully saturated rings. The van der Waals surface area contributed by atoms with Crippen molar-refractivity contribution in [2.45, 2.75) is 9.10 Å². The van der Waals surface area contributed by atoms with Gasteiger partial charge >= 0.3 is 10.1 Å². The molecule has 0 aliphatic rings. The van der Waals surface area contributed by atoms with E-state index in [0.717, 1.165) is 20.3 Å². The van der Waals surface area contributed by atoms with Gasteiger partial charge in [0.2, 0.25) is 0 Å². The summed E-state index contributed by atoms with van der Waals surface area (Å²) in [4.78, 5) is -0.379. The number of nitrogens with two attached hydrogens (primary N) is 1. The van der Waals surface area contributed by atoms with E-state index < -0.39 is 20.2 Å². The number of rotatable bonds is 4. The molecule has 16 heavy (non-hydrogen) atoms. The van der Waals surface area contributed by atoms with Gasteiger partial charge in [-0.3, -0.25) is 8.37 Å². The van der Waals surface area contributed by atoms with Crippen LogP contribution in [0.2, 0.25) is 0 Å². The highest BCUT2D eigenvalue weighted by molar-refractivity contribution is 7.89. The summed E-state index contributed by atoms with van der Waals surface area (Å²) < 4.78 is 53.4. The van der Waals surface area contributed by atoms with E-state index in [9.17, 15) is 16.8 Å². The van der Waals surface area contributed by atoms with Gasteiger partial charge in [0.25, 0.3) is 10.1 Å². The van der Waals surface area contributed by atoms with Crippen molar-refractivity contribution in [1.82, 2.24) is 0 Å². The molecule has 0 aromatic carbocycles. The third-order valence-corrected chi connectivity index (χ3v) is 5.77. The molecule has 1 aromatic rings. The Morgan fingerprint density at radius 2 is 1.62 bits per heavy atom. The van der Waals surface area contributed by atoms with Gasteiger partial charge in [0.1, 0.15) is 14.1 Å². The van der Waals surface area contributed by atoms with Crippen LogP contribution in [0.1, 0.15) is 0 Å². The first-order valence-corrected chi connectivity index (χ1v) is 7.38. The molecule has 0 bridgehead atoms. The van der Waals surface area contributed by atoms with Gasteiger partial charge in [-0.05, 0) is 6.07 Å². The summed E-state index contributed by atoms with van der Waals surface area (Å²) in [6.07, 6.45) is 0. The Balaban J connectivity index is 3.41. The van der Waals surface area contributed by atoms with E-state index in [1.165, 1.54) is 0 Å². The van der Waals surface area contributed by atoms with Gasteiger partial charge in [-0.2, -0.15) is 16.8 Å². The molecule has 0 aliphatic heterocycles. The zero-order valence-corrected chi connectivity index (χ0v) is 10.8. The second-order valence-electron chi connectivity index (χ2n) is 2.54. The summed E-state index contributed by atoms with van der Waals surface area (Å²) in [5.41, 5.74) is 5.39. The predicted octanol–water partition coefficient (Wildman–Crippen LogP) is 0.000500. The molecule has 0 atom stereocenters. The van der Waals surface area contributed by atoms with Crippen molar-refractivity contribution in [3.63, 3.8) is 0 Å². The van der Waals surface area contributed by atoms with E-state index >= 15 is 0 Å². The van der Waals surface area contributed by atoms with Gasteiger partial charge in [0.15, 0.2) is 0 Å². The van der Waals surface area contributed by atoms with Crippen molar-refractivity contribution in [3.05, 3.63) is 6.07 Å². The normalized spacial score (nSPS) is 12.9. The molecule has 0 saturated heterocycles. The smallest absolute Gasteiger partial charge is 0.306 e. The molecule has 7 nitrogen and oxygen atoms in total. The molecule has 1 rings (SSSR count). The summed E-state index contributed by atoms with van der Waals surface area (Å²) in [6.45, 7) is 0. The fraction of sp³-hybridized carbons (Fsp3) is 0.333. The SMILES string of the molecule is COS(=O)(=O)c1cc(S(=O)(=O)OC)c(N)s1. The number of hydrogen-bond donors (Lipinski definition) is 1. The largest absolute Gasteiger partial charge is 0.389 e. The van der Waals surface area contributed by atoms with Crippen LogP contribution in [0.4, 0.5) is 5.00 Å². The summed E-state index contributed by atoms with van der Waals surface area (Å²) >= 11 is 0.594. The maximum atomic E-state index is 11.3. The van der Waals surface area contributed by atoms with E-state index in [4.69, 9.17) is 5.73 Å². The maximum absolute atomic E-state index is 11.3. The van der Waals surface area contributed by atoms with Crippen molar-refractivity contribution in [2.75, 3.05) is 20.0 Å². The lowest BCUT2D eigenvalue weighted by molar-refractivity contribution is 0.397. The maximum Gasteiger partial charge on any atom is 0.306 e. The molecule has 0 radical (unpaired) electrons. The van der Waals surface area contributed by atoms with Crippen molar-refractivity contribution < 1.29 is 25.2 Å². The molecular weight excluding hydrogens is 278 g/mol. The Hall–Kier alpha value is -0.680. The molecule has 92 valence electrons. The second kappa shape index (κ2) is 4.30. The summed E-state index contributed by atoms with van der Waals surface area (Å²) in [5.74, 6) is 0. The molecule has 2 N–H and O–H groups in total. The first-order chi connectivity index (χ1) is 7.24. The van der Waals surface area contributed by atoms with Crippen molar-refractivity contribution >= 4 is 36.6 Å². The standard InChI is InChI=1S/C6H9NO6S3/c1-12-15(8,9)4-3-5(14-6(4)7)16(10,11)13-2/h3H,7H2,1-2H3. The van der Waals surface area contributed by atoms with Crippen LogP contribution in [0.5, 0.6) is 0 Å². The molecule has 0 saturated carbocycles. The molecule has 0 amide bonds. The van der Waals surface area contributed by atoms with Crippen molar-refractivity contribution in [2.24, 2.45) is 0 Å². The zero-order chi connectivity index (χ0) is 12.6. The average molecular weight is 287 g/mol.